The molecule has 0 saturated carbocycles. The first-order valence-corrected chi connectivity index (χ1v) is 5.98. The van der Waals surface area contributed by atoms with Crippen molar-refractivity contribution < 1.29 is 18.0 Å². The monoisotopic (exact) mass is 282 g/mol. The van der Waals surface area contributed by atoms with Gasteiger partial charge in [0.25, 0.3) is 0 Å². The molecule has 2 rings (SSSR count). The summed E-state index contributed by atoms with van der Waals surface area (Å²) in [5.41, 5.74) is 1.51. The van der Waals surface area contributed by atoms with E-state index in [0.717, 1.165) is 12.1 Å². The number of nitrogens with zero attached hydrogens (tertiary/aromatic N) is 2. The van der Waals surface area contributed by atoms with Crippen LogP contribution in [0.1, 0.15) is 32.9 Å². The van der Waals surface area contributed by atoms with Crippen molar-refractivity contribution in [3.63, 3.8) is 0 Å². The predicted molar refractivity (Wildman–Crippen MR) is 67.6 cm³/mol. The van der Waals surface area contributed by atoms with Crippen LogP contribution in [-0.2, 0) is 12.7 Å². The number of hydrogen-bond acceptors (Lipinski definition) is 2. The van der Waals surface area contributed by atoms with Gasteiger partial charge < -0.3 is 0 Å². The van der Waals surface area contributed by atoms with Crippen LogP contribution < -0.4 is 0 Å². The molecule has 20 heavy (non-hydrogen) atoms. The number of aryl methyl sites for hydroxylation is 1. The Morgan fingerprint density at radius 3 is 2.55 bits per heavy atom. The standard InChI is InChI=1S/C14H13F3N2O/c1-9-13(8-20)10(2)19(18-9)7-11-4-3-5-12(6-11)14(15,16)17/h3-6,8H,7H2,1-2H3. The van der Waals surface area contributed by atoms with E-state index in [0.29, 0.717) is 28.8 Å². The van der Waals surface area contributed by atoms with E-state index in [1.807, 2.05) is 0 Å². The van der Waals surface area contributed by atoms with Gasteiger partial charge in [-0.15, -0.1) is 0 Å². The smallest absolute Gasteiger partial charge is 0.298 e. The molecule has 2 aromatic rings. The van der Waals surface area contributed by atoms with Crippen LogP contribution in [0.5, 0.6) is 0 Å². The number of aldehydes is 1. The predicted octanol–water partition coefficient (Wildman–Crippen LogP) is 3.38. The zero-order valence-corrected chi connectivity index (χ0v) is 11.0. The number of aromatic nitrogens is 2. The van der Waals surface area contributed by atoms with Gasteiger partial charge in [0.05, 0.1) is 23.4 Å². The van der Waals surface area contributed by atoms with Gasteiger partial charge in [-0.25, -0.2) is 0 Å². The summed E-state index contributed by atoms with van der Waals surface area (Å²) in [5.74, 6) is 0. The molecule has 0 spiro atoms. The van der Waals surface area contributed by atoms with E-state index in [-0.39, 0.29) is 6.54 Å². The highest BCUT2D eigenvalue weighted by Gasteiger charge is 2.30. The first kappa shape index (κ1) is 14.3. The van der Waals surface area contributed by atoms with Crippen molar-refractivity contribution in [1.29, 1.82) is 0 Å². The average Bonchev–Trinajstić information content (AvgIpc) is 2.63. The molecule has 6 heteroatoms. The van der Waals surface area contributed by atoms with Gasteiger partial charge in [-0.3, -0.25) is 9.48 Å². The van der Waals surface area contributed by atoms with Crippen LogP contribution in [0.3, 0.4) is 0 Å². The minimum Gasteiger partial charge on any atom is -0.298 e. The fourth-order valence-corrected chi connectivity index (χ4v) is 2.05. The number of carbonyl (C=O) groups excluding carboxylic acids is 1. The normalized spacial score (nSPS) is 11.7. The van der Waals surface area contributed by atoms with Gasteiger partial charge in [0.2, 0.25) is 0 Å². The molecule has 0 amide bonds. The highest BCUT2D eigenvalue weighted by Crippen LogP contribution is 2.29. The summed E-state index contributed by atoms with van der Waals surface area (Å²) < 4.78 is 39.5. The maximum Gasteiger partial charge on any atom is 0.416 e. The molecule has 1 heterocycles. The lowest BCUT2D eigenvalue weighted by Crippen LogP contribution is -2.08. The second-order valence-electron chi connectivity index (χ2n) is 4.56. The van der Waals surface area contributed by atoms with E-state index in [9.17, 15) is 18.0 Å². The Balaban J connectivity index is 2.33. The molecule has 0 aliphatic carbocycles. The van der Waals surface area contributed by atoms with Crippen molar-refractivity contribution in [2.45, 2.75) is 26.6 Å². The van der Waals surface area contributed by atoms with E-state index in [1.54, 1.807) is 19.9 Å². The van der Waals surface area contributed by atoms with Gasteiger partial charge in [-0.05, 0) is 31.5 Å². The van der Waals surface area contributed by atoms with Gasteiger partial charge >= 0.3 is 6.18 Å². The molecular weight excluding hydrogens is 269 g/mol. The first-order chi connectivity index (χ1) is 9.32. The molecule has 106 valence electrons. The summed E-state index contributed by atoms with van der Waals surface area (Å²) in [5, 5.41) is 4.17. The van der Waals surface area contributed by atoms with Crippen LogP contribution in [0.4, 0.5) is 13.2 Å². The maximum absolute atomic E-state index is 12.6. The van der Waals surface area contributed by atoms with E-state index >= 15 is 0 Å². The summed E-state index contributed by atoms with van der Waals surface area (Å²) in [4.78, 5) is 10.9. The Kier molecular flexibility index (Phi) is 3.65. The van der Waals surface area contributed by atoms with Crippen molar-refractivity contribution in [1.82, 2.24) is 9.78 Å². The molecule has 0 atom stereocenters. The summed E-state index contributed by atoms with van der Waals surface area (Å²) in [6.45, 7) is 3.61. The van der Waals surface area contributed by atoms with Gasteiger partial charge in [0.1, 0.15) is 0 Å². The summed E-state index contributed by atoms with van der Waals surface area (Å²) >= 11 is 0. The van der Waals surface area contributed by atoms with Gasteiger partial charge in [-0.1, -0.05) is 12.1 Å². The Morgan fingerprint density at radius 2 is 2.00 bits per heavy atom. The molecule has 3 nitrogen and oxygen atoms in total. The molecule has 1 aromatic heterocycles. The van der Waals surface area contributed by atoms with Crippen LogP contribution in [0.2, 0.25) is 0 Å². The minimum atomic E-state index is -4.36. The lowest BCUT2D eigenvalue weighted by Gasteiger charge is -2.09. The van der Waals surface area contributed by atoms with Gasteiger partial charge in [0, 0.05) is 5.69 Å². The number of carbonyl (C=O) groups is 1. The quantitative estimate of drug-likeness (QED) is 0.809. The molecule has 0 fully saturated rings. The Labute approximate surface area is 114 Å². The van der Waals surface area contributed by atoms with Crippen LogP contribution in [-0.4, -0.2) is 16.1 Å². The largest absolute Gasteiger partial charge is 0.416 e. The van der Waals surface area contributed by atoms with Crippen molar-refractivity contribution in [3.05, 3.63) is 52.3 Å². The molecule has 0 bridgehead atoms. The Morgan fingerprint density at radius 1 is 1.30 bits per heavy atom. The number of halogens is 3. The average molecular weight is 282 g/mol. The molecule has 0 aliphatic rings. The lowest BCUT2D eigenvalue weighted by molar-refractivity contribution is -0.137. The van der Waals surface area contributed by atoms with E-state index < -0.39 is 11.7 Å². The van der Waals surface area contributed by atoms with Gasteiger partial charge in [0.15, 0.2) is 6.29 Å². The van der Waals surface area contributed by atoms with Crippen LogP contribution in [0, 0.1) is 13.8 Å². The zero-order valence-electron chi connectivity index (χ0n) is 11.0. The van der Waals surface area contributed by atoms with Gasteiger partial charge in [-0.2, -0.15) is 18.3 Å². The van der Waals surface area contributed by atoms with Crippen molar-refractivity contribution in [2.75, 3.05) is 0 Å². The molecule has 0 saturated heterocycles. The van der Waals surface area contributed by atoms with Crippen LogP contribution >= 0.6 is 0 Å². The molecule has 0 N–H and O–H groups in total. The summed E-state index contributed by atoms with van der Waals surface area (Å²) in [6, 6.07) is 5.09. The Hall–Kier alpha value is -2.11. The van der Waals surface area contributed by atoms with Crippen molar-refractivity contribution in [3.8, 4) is 0 Å². The summed E-state index contributed by atoms with van der Waals surface area (Å²) in [6.07, 6.45) is -3.65. The van der Waals surface area contributed by atoms with E-state index in [2.05, 4.69) is 5.10 Å². The van der Waals surface area contributed by atoms with E-state index in [1.165, 1.54) is 10.7 Å². The topological polar surface area (TPSA) is 34.9 Å². The highest BCUT2D eigenvalue weighted by molar-refractivity contribution is 5.78. The number of hydrogen-bond donors (Lipinski definition) is 0. The molecule has 0 aliphatic heterocycles. The molecular formula is C14H13F3N2O. The Bertz CT molecular complexity index is 644. The molecule has 1 aromatic carbocycles. The number of benzene rings is 1. The minimum absolute atomic E-state index is 0.199. The number of rotatable bonds is 3. The van der Waals surface area contributed by atoms with Crippen LogP contribution in [0.15, 0.2) is 24.3 Å². The third kappa shape index (κ3) is 2.74. The SMILES string of the molecule is Cc1nn(Cc2cccc(C(F)(F)F)c2)c(C)c1C=O. The molecule has 0 unspecified atom stereocenters. The number of alkyl halides is 3. The fourth-order valence-electron chi connectivity index (χ4n) is 2.05. The first-order valence-electron chi connectivity index (χ1n) is 5.98. The van der Waals surface area contributed by atoms with E-state index in [4.69, 9.17) is 0 Å². The maximum atomic E-state index is 12.6. The third-order valence-corrected chi connectivity index (χ3v) is 3.14. The highest BCUT2D eigenvalue weighted by atomic mass is 19.4. The second-order valence-corrected chi connectivity index (χ2v) is 4.56. The summed E-state index contributed by atoms with van der Waals surface area (Å²) in [7, 11) is 0. The lowest BCUT2D eigenvalue weighted by atomic mass is 10.1. The third-order valence-electron chi connectivity index (χ3n) is 3.14. The molecule has 0 radical (unpaired) electrons. The van der Waals surface area contributed by atoms with Crippen LogP contribution in [0.25, 0.3) is 0 Å². The second kappa shape index (κ2) is 5.11. The zero-order chi connectivity index (χ0) is 14.9. The van der Waals surface area contributed by atoms with Crippen molar-refractivity contribution >= 4 is 6.29 Å². The van der Waals surface area contributed by atoms with Crippen molar-refractivity contribution in [2.24, 2.45) is 0 Å². The fraction of sp³-hybridized carbons (Fsp3) is 0.286.